The number of anilines is 2. The molecular formula is C13H11Cl2N3O2. The molecule has 1 aromatic carbocycles. The van der Waals surface area contributed by atoms with Crippen LogP contribution in [0.1, 0.15) is 10.4 Å². The van der Waals surface area contributed by atoms with Crippen LogP contribution in [0.5, 0.6) is 5.75 Å². The number of benzene rings is 1. The van der Waals surface area contributed by atoms with Crippen LogP contribution in [0.15, 0.2) is 30.5 Å². The van der Waals surface area contributed by atoms with Crippen molar-refractivity contribution in [1.29, 1.82) is 0 Å². The van der Waals surface area contributed by atoms with Gasteiger partial charge in [0, 0.05) is 5.69 Å². The van der Waals surface area contributed by atoms with Crippen molar-refractivity contribution in [3.05, 3.63) is 46.2 Å². The topological polar surface area (TPSA) is 77.2 Å². The third-order valence-electron chi connectivity index (χ3n) is 2.51. The molecule has 0 saturated carbocycles. The van der Waals surface area contributed by atoms with E-state index < -0.39 is 5.91 Å². The molecule has 5 nitrogen and oxygen atoms in total. The quantitative estimate of drug-likeness (QED) is 0.853. The van der Waals surface area contributed by atoms with E-state index in [9.17, 15) is 4.79 Å². The zero-order chi connectivity index (χ0) is 14.7. The molecule has 0 atom stereocenters. The fraction of sp³-hybridized carbons (Fsp3) is 0.0769. The summed E-state index contributed by atoms with van der Waals surface area (Å²) in [5.41, 5.74) is 6.64. The lowest BCUT2D eigenvalue weighted by Gasteiger charge is -2.09. The molecule has 3 N–H and O–H groups in total. The van der Waals surface area contributed by atoms with E-state index in [4.69, 9.17) is 33.7 Å². The van der Waals surface area contributed by atoms with Crippen molar-refractivity contribution in [3.8, 4) is 5.75 Å². The Bertz CT molecular complexity index is 662. The predicted octanol–water partition coefficient (Wildman–Crippen LogP) is 3.23. The van der Waals surface area contributed by atoms with Crippen molar-refractivity contribution in [2.45, 2.75) is 0 Å². The summed E-state index contributed by atoms with van der Waals surface area (Å²) in [6.45, 7) is 0. The maximum atomic E-state index is 12.1. The van der Waals surface area contributed by atoms with Crippen molar-refractivity contribution in [2.24, 2.45) is 0 Å². The van der Waals surface area contributed by atoms with Crippen LogP contribution in [0.3, 0.4) is 0 Å². The van der Waals surface area contributed by atoms with E-state index in [1.54, 1.807) is 18.2 Å². The van der Waals surface area contributed by atoms with Gasteiger partial charge in [0.15, 0.2) is 0 Å². The number of ether oxygens (including phenoxy) is 1. The molecule has 2 aromatic rings. The van der Waals surface area contributed by atoms with Gasteiger partial charge in [-0.25, -0.2) is 4.98 Å². The second-order valence-corrected chi connectivity index (χ2v) is 4.68. The molecule has 0 radical (unpaired) electrons. The number of nitrogens with one attached hydrogen (secondary N) is 1. The summed E-state index contributed by atoms with van der Waals surface area (Å²) in [5.74, 6) is 0.101. The second-order valence-electron chi connectivity index (χ2n) is 3.91. The smallest absolute Gasteiger partial charge is 0.258 e. The Balaban J connectivity index is 2.23. The minimum Gasteiger partial charge on any atom is -0.495 e. The number of methoxy groups -OCH3 is 1. The largest absolute Gasteiger partial charge is 0.495 e. The van der Waals surface area contributed by atoms with E-state index in [0.717, 1.165) is 0 Å². The highest BCUT2D eigenvalue weighted by Gasteiger charge is 2.13. The summed E-state index contributed by atoms with van der Waals surface area (Å²) < 4.78 is 5.03. The summed E-state index contributed by atoms with van der Waals surface area (Å²) in [5, 5.41) is 3.13. The van der Waals surface area contributed by atoms with Gasteiger partial charge in [0.1, 0.15) is 10.9 Å². The zero-order valence-electron chi connectivity index (χ0n) is 10.5. The molecule has 0 aliphatic rings. The van der Waals surface area contributed by atoms with E-state index in [1.165, 1.54) is 19.4 Å². The maximum absolute atomic E-state index is 12.1. The van der Waals surface area contributed by atoms with Crippen LogP contribution in [-0.4, -0.2) is 18.0 Å². The lowest BCUT2D eigenvalue weighted by molar-refractivity contribution is 0.102. The second kappa shape index (κ2) is 5.98. The first kappa shape index (κ1) is 14.4. The number of aromatic nitrogens is 1. The number of nitrogens with two attached hydrogens (primary N) is 1. The number of carbonyl (C=O) groups is 1. The van der Waals surface area contributed by atoms with Gasteiger partial charge in [-0.05, 0) is 24.3 Å². The zero-order valence-corrected chi connectivity index (χ0v) is 12.0. The van der Waals surface area contributed by atoms with Gasteiger partial charge >= 0.3 is 0 Å². The molecule has 0 bridgehead atoms. The van der Waals surface area contributed by atoms with Gasteiger partial charge in [-0.1, -0.05) is 23.2 Å². The van der Waals surface area contributed by atoms with Crippen LogP contribution in [-0.2, 0) is 0 Å². The molecule has 1 aromatic heterocycles. The first-order chi connectivity index (χ1) is 9.51. The molecule has 104 valence electrons. The summed E-state index contributed by atoms with van der Waals surface area (Å²) in [6.07, 6.45) is 1.38. The van der Waals surface area contributed by atoms with E-state index in [2.05, 4.69) is 10.3 Å². The molecule has 7 heteroatoms. The molecule has 0 saturated heterocycles. The number of nitrogens with zero attached hydrogens (tertiary/aromatic N) is 1. The lowest BCUT2D eigenvalue weighted by atomic mass is 10.2. The number of rotatable bonds is 3. The van der Waals surface area contributed by atoms with Crippen LogP contribution in [0, 0.1) is 0 Å². The van der Waals surface area contributed by atoms with Crippen LogP contribution in [0.25, 0.3) is 0 Å². The number of pyridine rings is 1. The summed E-state index contributed by atoms with van der Waals surface area (Å²) in [6, 6.07) is 6.34. The molecule has 0 fully saturated rings. The first-order valence-electron chi connectivity index (χ1n) is 5.57. The van der Waals surface area contributed by atoms with Crippen molar-refractivity contribution in [3.63, 3.8) is 0 Å². The lowest BCUT2D eigenvalue weighted by Crippen LogP contribution is -2.13. The molecule has 1 amide bonds. The van der Waals surface area contributed by atoms with Crippen molar-refractivity contribution in [2.75, 3.05) is 18.2 Å². The summed E-state index contributed by atoms with van der Waals surface area (Å²) in [4.78, 5) is 15.9. The Morgan fingerprint density at radius 1 is 1.35 bits per heavy atom. The Labute approximate surface area is 125 Å². The minimum absolute atomic E-state index is 0.0799. The van der Waals surface area contributed by atoms with Gasteiger partial charge in [-0.3, -0.25) is 4.79 Å². The van der Waals surface area contributed by atoms with Gasteiger partial charge in [0.05, 0.1) is 29.6 Å². The molecular weight excluding hydrogens is 301 g/mol. The van der Waals surface area contributed by atoms with Crippen molar-refractivity contribution in [1.82, 2.24) is 4.98 Å². The highest BCUT2D eigenvalue weighted by molar-refractivity contribution is 6.33. The Kier molecular flexibility index (Phi) is 4.32. The summed E-state index contributed by atoms with van der Waals surface area (Å²) in [7, 11) is 1.51. The molecule has 0 unspecified atom stereocenters. The predicted molar refractivity (Wildman–Crippen MR) is 79.6 cm³/mol. The van der Waals surface area contributed by atoms with Crippen LogP contribution >= 0.6 is 23.2 Å². The number of hydrogen-bond donors (Lipinski definition) is 2. The standard InChI is InChI=1S/C13H11Cl2N3O2/c1-20-11-3-2-8(5-10(11)14)18-13(19)9-4-7(16)6-17-12(9)15/h2-6H,16H2,1H3,(H,18,19). The third-order valence-corrected chi connectivity index (χ3v) is 3.11. The number of carbonyl (C=O) groups excluding carboxylic acids is 1. The molecule has 20 heavy (non-hydrogen) atoms. The molecule has 2 rings (SSSR count). The minimum atomic E-state index is -0.420. The third kappa shape index (κ3) is 3.12. The summed E-state index contributed by atoms with van der Waals surface area (Å²) >= 11 is 11.8. The van der Waals surface area contributed by atoms with Gasteiger partial charge in [0.2, 0.25) is 0 Å². The van der Waals surface area contributed by atoms with E-state index in [-0.39, 0.29) is 10.7 Å². The normalized spacial score (nSPS) is 10.2. The van der Waals surface area contributed by atoms with E-state index in [0.29, 0.717) is 22.1 Å². The molecule has 0 aliphatic heterocycles. The van der Waals surface area contributed by atoms with Crippen LogP contribution in [0.2, 0.25) is 10.2 Å². The average Bonchev–Trinajstić information content (AvgIpc) is 2.41. The fourth-order valence-electron chi connectivity index (χ4n) is 1.57. The number of hydrogen-bond acceptors (Lipinski definition) is 4. The molecule has 0 spiro atoms. The number of amides is 1. The van der Waals surface area contributed by atoms with Crippen molar-refractivity contribution < 1.29 is 9.53 Å². The van der Waals surface area contributed by atoms with Crippen molar-refractivity contribution >= 4 is 40.5 Å². The number of nitrogen functional groups attached to an aromatic ring is 1. The van der Waals surface area contributed by atoms with Gasteiger partial charge < -0.3 is 15.8 Å². The van der Waals surface area contributed by atoms with Crippen LogP contribution < -0.4 is 15.8 Å². The van der Waals surface area contributed by atoms with E-state index in [1.807, 2.05) is 0 Å². The SMILES string of the molecule is COc1ccc(NC(=O)c2cc(N)cnc2Cl)cc1Cl. The van der Waals surface area contributed by atoms with Gasteiger partial charge in [-0.2, -0.15) is 0 Å². The highest BCUT2D eigenvalue weighted by Crippen LogP contribution is 2.27. The monoisotopic (exact) mass is 311 g/mol. The molecule has 0 aliphatic carbocycles. The van der Waals surface area contributed by atoms with Gasteiger partial charge in [0.25, 0.3) is 5.91 Å². The first-order valence-corrected chi connectivity index (χ1v) is 6.32. The fourth-order valence-corrected chi connectivity index (χ4v) is 2.01. The molecule has 1 heterocycles. The van der Waals surface area contributed by atoms with Gasteiger partial charge in [-0.15, -0.1) is 0 Å². The van der Waals surface area contributed by atoms with Crippen LogP contribution in [0.4, 0.5) is 11.4 Å². The Morgan fingerprint density at radius 2 is 2.10 bits per heavy atom. The Hall–Kier alpha value is -1.98. The Morgan fingerprint density at radius 3 is 2.75 bits per heavy atom. The average molecular weight is 312 g/mol. The van der Waals surface area contributed by atoms with E-state index >= 15 is 0 Å². The highest BCUT2D eigenvalue weighted by atomic mass is 35.5. The maximum Gasteiger partial charge on any atom is 0.258 e. The number of halogens is 2.